The van der Waals surface area contributed by atoms with Gasteiger partial charge in [-0.1, -0.05) is 40.7 Å². The van der Waals surface area contributed by atoms with Crippen LogP contribution in [-0.2, 0) is 20.5 Å². The Bertz CT molecular complexity index is 845. The SMILES string of the molecule is COC(=O)[C@@H]1[C@@H]2[C@H](CN1C(=O)C(Nc1cccc(C(F)(F)F)c1)C(C)(C)C)C2(C)C. The third kappa shape index (κ3) is 3.88. The molecule has 30 heavy (non-hydrogen) atoms. The number of rotatable bonds is 4. The maximum atomic E-state index is 13.5. The van der Waals surface area contributed by atoms with Gasteiger partial charge >= 0.3 is 12.1 Å². The van der Waals surface area contributed by atoms with E-state index >= 15 is 0 Å². The number of hydrogen-bond donors (Lipinski definition) is 1. The van der Waals surface area contributed by atoms with Gasteiger partial charge in [0.05, 0.1) is 12.7 Å². The Labute approximate surface area is 175 Å². The van der Waals surface area contributed by atoms with Crippen LogP contribution in [0.3, 0.4) is 0 Å². The Balaban J connectivity index is 1.88. The molecule has 1 saturated heterocycles. The Hall–Kier alpha value is -2.25. The van der Waals surface area contributed by atoms with E-state index in [9.17, 15) is 22.8 Å². The zero-order valence-electron chi connectivity index (χ0n) is 18.1. The Morgan fingerprint density at radius 1 is 1.23 bits per heavy atom. The molecule has 1 heterocycles. The number of nitrogens with zero attached hydrogens (tertiary/aromatic N) is 1. The molecule has 1 aliphatic heterocycles. The standard InChI is InChI=1S/C22H29F3N2O3/c1-20(2,3)17(26-13-9-7-8-12(10-13)22(23,24)25)18(28)27-11-14-15(21(14,4)5)16(27)19(29)30-6/h7-10,14-17,26H,11H2,1-6H3/t14-,15-,16-,17?/m0/s1. The van der Waals surface area contributed by atoms with Crippen molar-refractivity contribution in [3.05, 3.63) is 29.8 Å². The third-order valence-electron chi connectivity index (χ3n) is 6.55. The van der Waals surface area contributed by atoms with Crippen LogP contribution in [0.1, 0.15) is 40.2 Å². The monoisotopic (exact) mass is 426 g/mol. The molecule has 1 amide bonds. The summed E-state index contributed by atoms with van der Waals surface area (Å²) in [5.74, 6) is -0.519. The summed E-state index contributed by atoms with van der Waals surface area (Å²) < 4.78 is 44.2. The fourth-order valence-electron chi connectivity index (χ4n) is 4.67. The smallest absolute Gasteiger partial charge is 0.416 e. The van der Waals surface area contributed by atoms with Crippen molar-refractivity contribution in [3.63, 3.8) is 0 Å². The molecule has 2 aliphatic rings. The average molecular weight is 426 g/mol. The number of anilines is 1. The topological polar surface area (TPSA) is 58.6 Å². The van der Waals surface area contributed by atoms with Crippen LogP contribution in [0.5, 0.6) is 0 Å². The predicted molar refractivity (Wildman–Crippen MR) is 107 cm³/mol. The highest BCUT2D eigenvalue weighted by Crippen LogP contribution is 2.65. The van der Waals surface area contributed by atoms with Crippen molar-refractivity contribution in [2.24, 2.45) is 22.7 Å². The summed E-state index contributed by atoms with van der Waals surface area (Å²) in [6.45, 7) is 10.1. The number of carbonyl (C=O) groups excluding carboxylic acids is 2. The van der Waals surface area contributed by atoms with Crippen molar-refractivity contribution in [3.8, 4) is 0 Å². The second-order valence-corrected chi connectivity index (χ2v) is 9.93. The van der Waals surface area contributed by atoms with Crippen LogP contribution in [0.2, 0.25) is 0 Å². The summed E-state index contributed by atoms with van der Waals surface area (Å²) in [5, 5.41) is 2.99. The molecule has 4 atom stereocenters. The first-order valence-electron chi connectivity index (χ1n) is 10.0. The molecule has 0 bridgehead atoms. The predicted octanol–water partition coefficient (Wildman–Crippen LogP) is 4.19. The van der Waals surface area contributed by atoms with Gasteiger partial charge in [0.2, 0.25) is 5.91 Å². The number of ether oxygens (including phenoxy) is 1. The lowest BCUT2D eigenvalue weighted by molar-refractivity contribution is -0.154. The number of alkyl halides is 3. The Morgan fingerprint density at radius 3 is 2.40 bits per heavy atom. The van der Waals surface area contributed by atoms with E-state index in [1.54, 1.807) is 4.90 Å². The lowest BCUT2D eigenvalue weighted by atomic mass is 9.85. The molecule has 3 rings (SSSR count). The van der Waals surface area contributed by atoms with Crippen LogP contribution in [0.25, 0.3) is 0 Å². The molecule has 1 aromatic rings. The minimum Gasteiger partial charge on any atom is -0.467 e. The molecule has 1 N–H and O–H groups in total. The average Bonchev–Trinajstić information content (AvgIpc) is 2.99. The second kappa shape index (κ2) is 7.17. The summed E-state index contributed by atoms with van der Waals surface area (Å²) in [6, 6.07) is 3.31. The number of halogens is 3. The fraction of sp³-hybridized carbons (Fsp3) is 0.636. The quantitative estimate of drug-likeness (QED) is 0.734. The van der Waals surface area contributed by atoms with Crippen molar-refractivity contribution in [2.45, 2.75) is 52.9 Å². The Kier molecular flexibility index (Phi) is 5.36. The van der Waals surface area contributed by atoms with Gasteiger partial charge < -0.3 is 15.0 Å². The summed E-state index contributed by atoms with van der Waals surface area (Å²) in [4.78, 5) is 27.5. The molecule has 166 valence electrons. The van der Waals surface area contributed by atoms with Gasteiger partial charge in [0.15, 0.2) is 0 Å². The number of carbonyl (C=O) groups is 2. The summed E-state index contributed by atoms with van der Waals surface area (Å²) in [7, 11) is 1.30. The molecule has 0 aromatic heterocycles. The Morgan fingerprint density at radius 2 is 1.87 bits per heavy atom. The zero-order chi connectivity index (χ0) is 22.6. The van der Waals surface area contributed by atoms with E-state index in [0.717, 1.165) is 12.1 Å². The van der Waals surface area contributed by atoms with Gasteiger partial charge in [-0.05, 0) is 34.9 Å². The molecule has 5 nitrogen and oxygen atoms in total. The molecule has 1 aliphatic carbocycles. The number of piperidine rings is 1. The number of methoxy groups -OCH3 is 1. The highest BCUT2D eigenvalue weighted by molar-refractivity contribution is 5.91. The molecular weight excluding hydrogens is 397 g/mol. The van der Waals surface area contributed by atoms with Crippen LogP contribution in [0, 0.1) is 22.7 Å². The molecule has 8 heteroatoms. The van der Waals surface area contributed by atoms with Crippen LogP contribution in [-0.4, -0.2) is 42.5 Å². The lowest BCUT2D eigenvalue weighted by Gasteiger charge is -2.37. The number of esters is 1. The maximum Gasteiger partial charge on any atom is 0.416 e. The van der Waals surface area contributed by atoms with Crippen molar-refractivity contribution in [1.29, 1.82) is 0 Å². The normalized spacial score (nSPS) is 26.0. The van der Waals surface area contributed by atoms with Crippen molar-refractivity contribution < 1.29 is 27.5 Å². The van der Waals surface area contributed by atoms with E-state index in [-0.39, 0.29) is 28.8 Å². The van der Waals surface area contributed by atoms with Crippen molar-refractivity contribution in [2.75, 3.05) is 19.0 Å². The number of hydrogen-bond acceptors (Lipinski definition) is 4. The van der Waals surface area contributed by atoms with Gasteiger partial charge in [0, 0.05) is 18.2 Å². The van der Waals surface area contributed by atoms with Gasteiger partial charge in [-0.25, -0.2) is 4.79 Å². The van der Waals surface area contributed by atoms with E-state index in [4.69, 9.17) is 4.74 Å². The second-order valence-electron chi connectivity index (χ2n) is 9.93. The third-order valence-corrected chi connectivity index (χ3v) is 6.55. The fourth-order valence-corrected chi connectivity index (χ4v) is 4.67. The highest BCUT2D eigenvalue weighted by Gasteiger charge is 2.70. The first-order valence-corrected chi connectivity index (χ1v) is 10.0. The van der Waals surface area contributed by atoms with Crippen LogP contribution in [0.15, 0.2) is 24.3 Å². The molecule has 1 saturated carbocycles. The van der Waals surface area contributed by atoms with Gasteiger partial charge in [-0.15, -0.1) is 0 Å². The summed E-state index contributed by atoms with van der Waals surface area (Å²) in [5.41, 5.74) is -1.23. The van der Waals surface area contributed by atoms with Crippen LogP contribution >= 0.6 is 0 Å². The molecular formula is C22H29F3N2O3. The van der Waals surface area contributed by atoms with Crippen LogP contribution < -0.4 is 5.32 Å². The van der Waals surface area contributed by atoms with Gasteiger partial charge in [-0.2, -0.15) is 13.2 Å². The number of likely N-dealkylation sites (tertiary alicyclic amines) is 1. The number of fused-ring (bicyclic) bond motifs is 1. The number of nitrogens with one attached hydrogen (secondary N) is 1. The van der Waals surface area contributed by atoms with E-state index in [2.05, 4.69) is 19.2 Å². The first kappa shape index (κ1) is 22.4. The van der Waals surface area contributed by atoms with Crippen molar-refractivity contribution in [1.82, 2.24) is 4.90 Å². The maximum absolute atomic E-state index is 13.5. The molecule has 0 spiro atoms. The minimum absolute atomic E-state index is 0.0306. The summed E-state index contributed by atoms with van der Waals surface area (Å²) in [6.07, 6.45) is -4.48. The van der Waals surface area contributed by atoms with E-state index in [1.807, 2.05) is 20.8 Å². The van der Waals surface area contributed by atoms with E-state index in [0.29, 0.717) is 6.54 Å². The van der Waals surface area contributed by atoms with Gasteiger partial charge in [0.25, 0.3) is 0 Å². The molecule has 1 unspecified atom stereocenters. The number of benzene rings is 1. The van der Waals surface area contributed by atoms with Gasteiger partial charge in [-0.3, -0.25) is 4.79 Å². The molecule has 0 radical (unpaired) electrons. The zero-order valence-corrected chi connectivity index (χ0v) is 18.1. The summed E-state index contributed by atoms with van der Waals surface area (Å²) >= 11 is 0. The first-order chi connectivity index (χ1) is 13.7. The molecule has 1 aromatic carbocycles. The van der Waals surface area contributed by atoms with E-state index in [1.165, 1.54) is 19.2 Å². The van der Waals surface area contributed by atoms with Gasteiger partial charge in [0.1, 0.15) is 12.1 Å². The van der Waals surface area contributed by atoms with Crippen LogP contribution in [0.4, 0.5) is 18.9 Å². The number of amides is 1. The minimum atomic E-state index is -4.48. The molecule has 2 fully saturated rings. The lowest BCUT2D eigenvalue weighted by Crippen LogP contribution is -2.54. The van der Waals surface area contributed by atoms with Crippen molar-refractivity contribution >= 4 is 17.6 Å². The largest absolute Gasteiger partial charge is 0.467 e. The van der Waals surface area contributed by atoms with E-state index < -0.39 is 35.2 Å². The highest BCUT2D eigenvalue weighted by atomic mass is 19.4.